The van der Waals surface area contributed by atoms with Crippen LogP contribution in [0.25, 0.3) is 0 Å². The minimum absolute atomic E-state index is 0.0759. The molecule has 0 spiro atoms. The zero-order valence-corrected chi connectivity index (χ0v) is 12.9. The lowest BCUT2D eigenvalue weighted by atomic mass is 10.1. The molecule has 24 heavy (non-hydrogen) atoms. The second-order valence-corrected chi connectivity index (χ2v) is 5.65. The molecule has 0 amide bonds. The lowest BCUT2D eigenvalue weighted by Crippen LogP contribution is -2.31. The summed E-state index contributed by atoms with van der Waals surface area (Å²) in [4.78, 5) is 14.6. The van der Waals surface area contributed by atoms with Gasteiger partial charge in [-0.1, -0.05) is 0 Å². The third-order valence-electron chi connectivity index (χ3n) is 3.86. The number of hydrogen-bond acceptors (Lipinski definition) is 5. The molecule has 0 saturated carbocycles. The van der Waals surface area contributed by atoms with Crippen molar-refractivity contribution in [3.05, 3.63) is 46.0 Å². The van der Waals surface area contributed by atoms with E-state index >= 15 is 0 Å². The molecule has 1 N–H and O–H groups in total. The van der Waals surface area contributed by atoms with Gasteiger partial charge >= 0.3 is 12.3 Å². The standard InChI is InChI=1S/C15H16F2N4O3/c1-9-7-20-8-11(3-5-14(20)18-9)19-10-2-4-12(21(22)23)13(6-10)24-15(16)17/h2,4,6-7,11,15,19H,3,5,8H2,1H3/t11-/m1/s1. The number of aryl methyl sites for hydroxylation is 2. The molecule has 1 aliphatic rings. The largest absolute Gasteiger partial charge is 0.427 e. The molecule has 0 saturated heterocycles. The highest BCUT2D eigenvalue weighted by atomic mass is 19.3. The highest BCUT2D eigenvalue weighted by molar-refractivity contribution is 5.58. The van der Waals surface area contributed by atoms with Crippen LogP contribution in [0.1, 0.15) is 17.9 Å². The summed E-state index contributed by atoms with van der Waals surface area (Å²) in [6.07, 6.45) is 3.60. The monoisotopic (exact) mass is 338 g/mol. The van der Waals surface area contributed by atoms with Crippen molar-refractivity contribution in [1.29, 1.82) is 0 Å². The number of fused-ring (bicyclic) bond motifs is 1. The van der Waals surface area contributed by atoms with Gasteiger partial charge in [-0.05, 0) is 19.4 Å². The average molecular weight is 338 g/mol. The van der Waals surface area contributed by atoms with Crippen molar-refractivity contribution < 1.29 is 18.4 Å². The summed E-state index contributed by atoms with van der Waals surface area (Å²) in [6, 6.07) is 3.96. The Kier molecular flexibility index (Phi) is 4.32. The van der Waals surface area contributed by atoms with E-state index in [9.17, 15) is 18.9 Å². The highest BCUT2D eigenvalue weighted by Gasteiger charge is 2.22. The Hall–Kier alpha value is -2.71. The number of aromatic nitrogens is 2. The third-order valence-corrected chi connectivity index (χ3v) is 3.86. The molecule has 9 heteroatoms. The minimum Gasteiger partial charge on any atom is -0.427 e. The number of ether oxygens (including phenoxy) is 1. The van der Waals surface area contributed by atoms with E-state index in [0.29, 0.717) is 12.2 Å². The van der Waals surface area contributed by atoms with Crippen LogP contribution in [0.4, 0.5) is 20.2 Å². The zero-order valence-electron chi connectivity index (χ0n) is 12.9. The fourth-order valence-corrected chi connectivity index (χ4v) is 2.88. The molecule has 0 aliphatic carbocycles. The predicted molar refractivity (Wildman–Crippen MR) is 82.4 cm³/mol. The van der Waals surface area contributed by atoms with E-state index in [1.54, 1.807) is 0 Å². The van der Waals surface area contributed by atoms with Gasteiger partial charge in [0.2, 0.25) is 5.75 Å². The van der Waals surface area contributed by atoms with Crippen LogP contribution in [0.2, 0.25) is 0 Å². The van der Waals surface area contributed by atoms with Gasteiger partial charge in [-0.15, -0.1) is 0 Å². The Bertz CT molecular complexity index is 763. The Morgan fingerprint density at radius 3 is 3.00 bits per heavy atom. The molecule has 7 nitrogen and oxygen atoms in total. The second kappa shape index (κ2) is 6.42. The van der Waals surface area contributed by atoms with Crippen molar-refractivity contribution in [2.24, 2.45) is 0 Å². The average Bonchev–Trinajstić information content (AvgIpc) is 2.86. The number of nitro groups is 1. The molecular formula is C15H16F2N4O3. The highest BCUT2D eigenvalue weighted by Crippen LogP contribution is 2.32. The summed E-state index contributed by atoms with van der Waals surface area (Å²) in [6.45, 7) is -0.499. The smallest absolute Gasteiger partial charge is 0.387 e. The normalized spacial score (nSPS) is 16.8. The van der Waals surface area contributed by atoms with E-state index in [2.05, 4.69) is 19.6 Å². The van der Waals surface area contributed by atoms with Crippen LogP contribution in [0, 0.1) is 17.0 Å². The Labute approximate surface area is 136 Å². The molecule has 0 unspecified atom stereocenters. The van der Waals surface area contributed by atoms with Crippen molar-refractivity contribution in [3.8, 4) is 5.75 Å². The molecule has 1 aliphatic heterocycles. The summed E-state index contributed by atoms with van der Waals surface area (Å²) in [5.74, 6) is 0.575. The quantitative estimate of drug-likeness (QED) is 0.669. The molecule has 1 aromatic carbocycles. The number of imidazole rings is 1. The Morgan fingerprint density at radius 2 is 2.29 bits per heavy atom. The van der Waals surface area contributed by atoms with Crippen molar-refractivity contribution >= 4 is 11.4 Å². The number of benzene rings is 1. The number of anilines is 1. The van der Waals surface area contributed by atoms with Gasteiger partial charge in [0.25, 0.3) is 0 Å². The molecule has 0 bridgehead atoms. The topological polar surface area (TPSA) is 82.2 Å². The number of rotatable bonds is 5. The minimum atomic E-state index is -3.12. The van der Waals surface area contributed by atoms with Gasteiger partial charge < -0.3 is 14.6 Å². The number of halogens is 2. The van der Waals surface area contributed by atoms with E-state index in [0.717, 1.165) is 30.4 Å². The summed E-state index contributed by atoms with van der Waals surface area (Å²) in [7, 11) is 0. The number of nitro benzene ring substituents is 1. The first-order chi connectivity index (χ1) is 11.4. The van der Waals surface area contributed by atoms with Gasteiger partial charge in [-0.3, -0.25) is 10.1 Å². The van der Waals surface area contributed by atoms with E-state index in [1.165, 1.54) is 12.1 Å². The van der Waals surface area contributed by atoms with Crippen molar-refractivity contribution in [1.82, 2.24) is 9.55 Å². The fraction of sp³-hybridized carbons (Fsp3) is 0.400. The van der Waals surface area contributed by atoms with Crippen LogP contribution < -0.4 is 10.1 Å². The van der Waals surface area contributed by atoms with Crippen LogP contribution in [0.5, 0.6) is 5.75 Å². The summed E-state index contributed by atoms with van der Waals surface area (Å²) < 4.78 is 31.2. The van der Waals surface area contributed by atoms with Crippen molar-refractivity contribution in [3.63, 3.8) is 0 Å². The van der Waals surface area contributed by atoms with Gasteiger partial charge in [0.1, 0.15) is 5.82 Å². The molecule has 0 radical (unpaired) electrons. The first kappa shape index (κ1) is 16.2. The van der Waals surface area contributed by atoms with Crippen molar-refractivity contribution in [2.75, 3.05) is 5.32 Å². The van der Waals surface area contributed by atoms with Crippen LogP contribution in [0.3, 0.4) is 0 Å². The molecule has 1 aromatic heterocycles. The predicted octanol–water partition coefficient (Wildman–Crippen LogP) is 3.13. The van der Waals surface area contributed by atoms with Gasteiger partial charge in [-0.25, -0.2) is 4.98 Å². The summed E-state index contributed by atoms with van der Waals surface area (Å²) in [5.41, 5.74) is 0.965. The van der Waals surface area contributed by atoms with Crippen molar-refractivity contribution in [2.45, 2.75) is 39.0 Å². The first-order valence-corrected chi connectivity index (χ1v) is 7.45. The van der Waals surface area contributed by atoms with E-state index in [1.807, 2.05) is 13.1 Å². The van der Waals surface area contributed by atoms with Gasteiger partial charge in [0, 0.05) is 43.0 Å². The van der Waals surface area contributed by atoms with Gasteiger partial charge in [-0.2, -0.15) is 8.78 Å². The number of nitrogens with zero attached hydrogens (tertiary/aromatic N) is 3. The lowest BCUT2D eigenvalue weighted by Gasteiger charge is -2.25. The van der Waals surface area contributed by atoms with Crippen LogP contribution in [0.15, 0.2) is 24.4 Å². The lowest BCUT2D eigenvalue weighted by molar-refractivity contribution is -0.386. The molecular weight excluding hydrogens is 322 g/mol. The maximum absolute atomic E-state index is 12.4. The number of nitrogens with one attached hydrogen (secondary N) is 1. The molecule has 2 aromatic rings. The maximum Gasteiger partial charge on any atom is 0.387 e. The van der Waals surface area contributed by atoms with E-state index < -0.39 is 23.0 Å². The molecule has 2 heterocycles. The Morgan fingerprint density at radius 1 is 1.50 bits per heavy atom. The summed E-state index contributed by atoms with van der Waals surface area (Å²) >= 11 is 0. The zero-order chi connectivity index (χ0) is 17.3. The Balaban J connectivity index is 1.77. The van der Waals surface area contributed by atoms with E-state index in [-0.39, 0.29) is 6.04 Å². The fourth-order valence-electron chi connectivity index (χ4n) is 2.88. The van der Waals surface area contributed by atoms with Crippen LogP contribution >= 0.6 is 0 Å². The van der Waals surface area contributed by atoms with E-state index in [4.69, 9.17) is 0 Å². The number of hydrogen-bond donors (Lipinski definition) is 1. The molecule has 3 rings (SSSR count). The van der Waals surface area contributed by atoms with Gasteiger partial charge in [0.15, 0.2) is 0 Å². The van der Waals surface area contributed by atoms with Crippen LogP contribution in [-0.4, -0.2) is 27.1 Å². The van der Waals surface area contributed by atoms with Gasteiger partial charge in [0.05, 0.1) is 10.6 Å². The molecule has 1 atom stereocenters. The third kappa shape index (κ3) is 3.44. The molecule has 0 fully saturated rings. The van der Waals surface area contributed by atoms with Crippen LogP contribution in [-0.2, 0) is 13.0 Å². The molecule has 128 valence electrons. The summed E-state index contributed by atoms with van der Waals surface area (Å²) in [5, 5.41) is 14.1. The first-order valence-electron chi connectivity index (χ1n) is 7.45. The number of alkyl halides is 2. The maximum atomic E-state index is 12.4. The second-order valence-electron chi connectivity index (χ2n) is 5.65. The SMILES string of the molecule is Cc1cn2c(n1)CC[C@@H](Nc1ccc([N+](=O)[O-])c(OC(F)F)c1)C2.